The van der Waals surface area contributed by atoms with Crippen molar-refractivity contribution >= 4 is 12.3 Å². The minimum absolute atomic E-state index is 0.255. The first-order valence-electron chi connectivity index (χ1n) is 9.31. The van der Waals surface area contributed by atoms with Gasteiger partial charge in [0.25, 0.3) is 0 Å². The molecule has 1 amide bonds. The summed E-state index contributed by atoms with van der Waals surface area (Å²) in [5, 5.41) is 11.9. The number of halogens is 1. The van der Waals surface area contributed by atoms with Crippen molar-refractivity contribution in [3.05, 3.63) is 65.5 Å². The fraction of sp³-hybridized carbons (Fsp3) is 0.364. The van der Waals surface area contributed by atoms with Crippen molar-refractivity contribution in [1.29, 1.82) is 0 Å². The Morgan fingerprint density at radius 1 is 1.21 bits per heavy atom. The third kappa shape index (κ3) is 7.44. The molecule has 2 aromatic carbocycles. The highest BCUT2D eigenvalue weighted by Crippen LogP contribution is 2.18. The molecule has 0 radical (unpaired) electrons. The summed E-state index contributed by atoms with van der Waals surface area (Å²) < 4.78 is 24.4. The summed E-state index contributed by atoms with van der Waals surface area (Å²) in [6, 6.07) is 13.0. The van der Waals surface area contributed by atoms with Crippen LogP contribution in [-0.2, 0) is 17.9 Å². The fourth-order valence-electron chi connectivity index (χ4n) is 2.55. The van der Waals surface area contributed by atoms with E-state index in [1.807, 2.05) is 12.1 Å². The molecule has 0 saturated heterocycles. The van der Waals surface area contributed by atoms with Crippen molar-refractivity contribution in [2.24, 2.45) is 5.16 Å². The number of hydrogen-bond donors (Lipinski definition) is 1. The van der Waals surface area contributed by atoms with Crippen LogP contribution in [0.25, 0.3) is 0 Å². The van der Waals surface area contributed by atoms with Crippen molar-refractivity contribution in [3.8, 4) is 5.75 Å². The highest BCUT2D eigenvalue weighted by molar-refractivity contribution is 5.75. The lowest BCUT2D eigenvalue weighted by Crippen LogP contribution is -2.42. The zero-order valence-corrected chi connectivity index (χ0v) is 17.1. The molecule has 0 aromatic heterocycles. The summed E-state index contributed by atoms with van der Waals surface area (Å²) in [6.45, 7) is 7.63. The zero-order chi connectivity index (χ0) is 21.4. The molecular formula is C22H27FN2O4. The maximum Gasteiger partial charge on any atom is 0.411 e. The van der Waals surface area contributed by atoms with Crippen LogP contribution in [0.4, 0.5) is 9.18 Å². The molecule has 0 fully saturated rings. The molecule has 1 N–H and O–H groups in total. The van der Waals surface area contributed by atoms with Gasteiger partial charge >= 0.3 is 6.09 Å². The third-order valence-corrected chi connectivity index (χ3v) is 3.97. The number of nitrogens with zero attached hydrogens (tertiary/aromatic N) is 2. The average Bonchev–Trinajstić information content (AvgIpc) is 2.64. The lowest BCUT2D eigenvalue weighted by molar-refractivity contribution is 0.0208. The molecule has 7 heteroatoms. The van der Waals surface area contributed by atoms with E-state index in [1.165, 1.54) is 23.2 Å². The number of benzene rings is 2. The number of rotatable bonds is 7. The van der Waals surface area contributed by atoms with Crippen molar-refractivity contribution < 1.29 is 23.9 Å². The molecule has 0 saturated carbocycles. The van der Waals surface area contributed by atoms with E-state index in [9.17, 15) is 9.18 Å². The van der Waals surface area contributed by atoms with Crippen LogP contribution in [0.15, 0.2) is 53.7 Å². The Kier molecular flexibility index (Phi) is 7.59. The van der Waals surface area contributed by atoms with E-state index >= 15 is 0 Å². The number of carbonyl (C=O) groups is 1. The monoisotopic (exact) mass is 402 g/mol. The molecule has 29 heavy (non-hydrogen) atoms. The maximum absolute atomic E-state index is 13.2. The second-order valence-electron chi connectivity index (χ2n) is 7.68. The van der Waals surface area contributed by atoms with Crippen molar-refractivity contribution in [2.45, 2.75) is 52.5 Å². The number of amides is 1. The van der Waals surface area contributed by atoms with E-state index < -0.39 is 17.7 Å². The Bertz CT molecular complexity index is 831. The third-order valence-electron chi connectivity index (χ3n) is 3.97. The smallest absolute Gasteiger partial charge is 0.411 e. The van der Waals surface area contributed by atoms with Crippen LogP contribution in [-0.4, -0.2) is 34.1 Å². The number of hydrogen-bond acceptors (Lipinski definition) is 5. The number of ether oxygens (including phenoxy) is 2. The summed E-state index contributed by atoms with van der Waals surface area (Å²) >= 11 is 0. The van der Waals surface area contributed by atoms with Crippen LogP contribution in [0, 0.1) is 5.82 Å². The molecule has 0 spiro atoms. The lowest BCUT2D eigenvalue weighted by atomic mass is 10.1. The van der Waals surface area contributed by atoms with Crippen LogP contribution in [0.1, 0.15) is 38.8 Å². The summed E-state index contributed by atoms with van der Waals surface area (Å²) in [6.07, 6.45) is 0.761. The lowest BCUT2D eigenvalue weighted by Gasteiger charge is -2.30. The van der Waals surface area contributed by atoms with E-state index in [4.69, 9.17) is 14.7 Å². The van der Waals surface area contributed by atoms with Gasteiger partial charge in [-0.05, 0) is 63.1 Å². The fourth-order valence-corrected chi connectivity index (χ4v) is 2.55. The molecule has 6 nitrogen and oxygen atoms in total. The average molecular weight is 402 g/mol. The van der Waals surface area contributed by atoms with Gasteiger partial charge in [0.1, 0.15) is 23.8 Å². The van der Waals surface area contributed by atoms with Crippen LogP contribution in [0.5, 0.6) is 5.75 Å². The summed E-state index contributed by atoms with van der Waals surface area (Å²) in [5.41, 5.74) is 0.953. The highest BCUT2D eigenvalue weighted by atomic mass is 19.1. The van der Waals surface area contributed by atoms with Crippen LogP contribution >= 0.6 is 0 Å². The number of oxime groups is 1. The molecule has 0 unspecified atom stereocenters. The van der Waals surface area contributed by atoms with Gasteiger partial charge in [-0.2, -0.15) is 0 Å². The quantitative estimate of drug-likeness (QED) is 0.402. The minimum Gasteiger partial charge on any atom is -0.489 e. The first kappa shape index (κ1) is 22.2. The molecule has 0 aliphatic carbocycles. The molecule has 0 aliphatic rings. The first-order chi connectivity index (χ1) is 13.7. The predicted octanol–water partition coefficient (Wildman–Crippen LogP) is 4.99. The van der Waals surface area contributed by atoms with E-state index in [2.05, 4.69) is 5.16 Å². The molecule has 156 valence electrons. The second kappa shape index (κ2) is 9.91. The minimum atomic E-state index is -0.639. The van der Waals surface area contributed by atoms with Gasteiger partial charge in [-0.25, -0.2) is 9.18 Å². The predicted molar refractivity (Wildman–Crippen MR) is 109 cm³/mol. The van der Waals surface area contributed by atoms with Crippen LogP contribution in [0.2, 0.25) is 0 Å². The van der Waals surface area contributed by atoms with Gasteiger partial charge < -0.3 is 14.7 Å². The van der Waals surface area contributed by atoms with Gasteiger partial charge in [0, 0.05) is 6.54 Å². The normalized spacial score (nSPS) is 12.6. The Morgan fingerprint density at radius 3 is 2.48 bits per heavy atom. The molecule has 0 heterocycles. The molecule has 0 bridgehead atoms. The van der Waals surface area contributed by atoms with Gasteiger partial charge in [-0.3, -0.25) is 4.90 Å². The topological polar surface area (TPSA) is 71.4 Å². The summed E-state index contributed by atoms with van der Waals surface area (Å²) in [5.74, 6) is 0.330. The van der Waals surface area contributed by atoms with Gasteiger partial charge in [0.05, 0.1) is 12.3 Å². The Hall–Kier alpha value is -3.09. The van der Waals surface area contributed by atoms with Crippen LogP contribution < -0.4 is 4.74 Å². The van der Waals surface area contributed by atoms with E-state index in [-0.39, 0.29) is 19.0 Å². The standard InChI is InChI=1S/C22H27FN2O4/c1-16(13-24-27)25(21(26)29-22(2,3)4)14-17-8-10-20(11-9-17)28-15-18-6-5-7-19(23)12-18/h5-13,16,27H,14-15H2,1-4H3/b24-13+/t16-/m0/s1. The highest BCUT2D eigenvalue weighted by Gasteiger charge is 2.25. The van der Waals surface area contributed by atoms with Gasteiger partial charge in [-0.1, -0.05) is 29.4 Å². The van der Waals surface area contributed by atoms with E-state index in [0.29, 0.717) is 5.75 Å². The summed E-state index contributed by atoms with van der Waals surface area (Å²) in [7, 11) is 0. The first-order valence-corrected chi connectivity index (χ1v) is 9.31. The second-order valence-corrected chi connectivity index (χ2v) is 7.68. The molecule has 2 rings (SSSR count). The molecule has 0 aliphatic heterocycles. The molecule has 2 aromatic rings. The van der Waals surface area contributed by atoms with Crippen molar-refractivity contribution in [3.63, 3.8) is 0 Å². The summed E-state index contributed by atoms with van der Waals surface area (Å²) in [4.78, 5) is 14.0. The molecular weight excluding hydrogens is 375 g/mol. The van der Waals surface area contributed by atoms with E-state index in [1.54, 1.807) is 52.0 Å². The van der Waals surface area contributed by atoms with E-state index in [0.717, 1.165) is 11.1 Å². The Morgan fingerprint density at radius 2 is 1.90 bits per heavy atom. The molecule has 1 atom stereocenters. The van der Waals surface area contributed by atoms with Crippen LogP contribution in [0.3, 0.4) is 0 Å². The largest absolute Gasteiger partial charge is 0.489 e. The maximum atomic E-state index is 13.2. The van der Waals surface area contributed by atoms with Crippen molar-refractivity contribution in [1.82, 2.24) is 4.90 Å². The number of carbonyl (C=O) groups excluding carboxylic acids is 1. The Balaban J connectivity index is 2.04. The van der Waals surface area contributed by atoms with Gasteiger partial charge in [0.2, 0.25) is 0 Å². The zero-order valence-electron chi connectivity index (χ0n) is 17.1. The van der Waals surface area contributed by atoms with Gasteiger partial charge in [0.15, 0.2) is 0 Å². The SMILES string of the molecule is C[C@@H](/C=N/O)N(Cc1ccc(OCc2cccc(F)c2)cc1)C(=O)OC(C)(C)C. The Labute approximate surface area is 170 Å². The van der Waals surface area contributed by atoms with Gasteiger partial charge in [-0.15, -0.1) is 0 Å². The van der Waals surface area contributed by atoms with Crippen molar-refractivity contribution in [2.75, 3.05) is 0 Å².